The number of rotatable bonds is 2. The number of carbonyl (C=O) groups excluding carboxylic acids is 1. The van der Waals surface area contributed by atoms with Gasteiger partial charge in [0.05, 0.1) is 13.0 Å². The van der Waals surface area contributed by atoms with Crippen LogP contribution < -0.4 is 5.73 Å². The van der Waals surface area contributed by atoms with Crippen molar-refractivity contribution >= 4 is 5.97 Å². The summed E-state index contributed by atoms with van der Waals surface area (Å²) in [5.41, 5.74) is 4.58. The van der Waals surface area contributed by atoms with Gasteiger partial charge >= 0.3 is 5.97 Å². The molecule has 1 aliphatic carbocycles. The summed E-state index contributed by atoms with van der Waals surface area (Å²) in [5.74, 6) is 0.0301. The highest BCUT2D eigenvalue weighted by Crippen LogP contribution is 2.48. The molecule has 3 N–H and O–H groups in total. The Labute approximate surface area is 82.9 Å². The van der Waals surface area contributed by atoms with Crippen LogP contribution in [0.25, 0.3) is 0 Å². The van der Waals surface area contributed by atoms with Crippen LogP contribution in [0.4, 0.5) is 0 Å². The van der Waals surface area contributed by atoms with Gasteiger partial charge in [0.15, 0.2) is 0 Å². The smallest absolute Gasteiger partial charge is 0.368 e. The summed E-state index contributed by atoms with van der Waals surface area (Å²) < 4.78 is 4.73. The molecule has 0 aliphatic heterocycles. The molecule has 0 saturated heterocycles. The van der Waals surface area contributed by atoms with Crippen LogP contribution in [0.2, 0.25) is 0 Å². The minimum absolute atomic E-state index is 0.202. The number of methoxy groups -OCH3 is 1. The quantitative estimate of drug-likeness (QED) is 0.686. The van der Waals surface area contributed by atoms with Crippen molar-refractivity contribution in [2.75, 3.05) is 7.11 Å². The molecule has 0 unspecified atom stereocenters. The Kier molecular flexibility index (Phi) is 2.04. The van der Waals surface area contributed by atoms with Crippen LogP contribution in [0, 0.1) is 0 Å². The van der Waals surface area contributed by atoms with E-state index >= 15 is 0 Å². The molecule has 0 aromatic heterocycles. The molecule has 3 heteroatoms. The van der Waals surface area contributed by atoms with Crippen molar-refractivity contribution in [2.45, 2.75) is 17.9 Å². The first-order valence-electron chi connectivity index (χ1n) is 4.67. The Bertz CT molecular complexity index is 350. The second-order valence-electron chi connectivity index (χ2n) is 3.82. The zero-order valence-electron chi connectivity index (χ0n) is 8.19. The van der Waals surface area contributed by atoms with Crippen LogP contribution in [-0.2, 0) is 9.53 Å². The zero-order valence-corrected chi connectivity index (χ0v) is 8.19. The van der Waals surface area contributed by atoms with Crippen molar-refractivity contribution in [1.82, 2.24) is 0 Å². The lowest BCUT2D eigenvalue weighted by molar-refractivity contribution is -0.427. The number of hydrogen-bond donors (Lipinski definition) is 1. The molecule has 1 aliphatic rings. The molecule has 2 rings (SSSR count). The normalized spacial score (nSPS) is 29.7. The number of hydrogen-bond acceptors (Lipinski definition) is 2. The maximum absolute atomic E-state index is 11.4. The summed E-state index contributed by atoms with van der Waals surface area (Å²) in [6.07, 6.45) is 0.795. The third kappa shape index (κ3) is 1.30. The van der Waals surface area contributed by atoms with Crippen molar-refractivity contribution in [2.24, 2.45) is 0 Å². The number of ether oxygens (including phenoxy) is 1. The van der Waals surface area contributed by atoms with Crippen molar-refractivity contribution in [3.63, 3.8) is 0 Å². The van der Waals surface area contributed by atoms with E-state index in [1.165, 1.54) is 12.7 Å². The Balaban J connectivity index is 2.16. The van der Waals surface area contributed by atoms with Gasteiger partial charge < -0.3 is 10.5 Å². The first kappa shape index (κ1) is 9.21. The van der Waals surface area contributed by atoms with Gasteiger partial charge in [0.1, 0.15) is 0 Å². The predicted molar refractivity (Wildman–Crippen MR) is 51.4 cm³/mol. The monoisotopic (exact) mass is 192 g/mol. The lowest BCUT2D eigenvalue weighted by atomic mass is 10.1. The molecule has 1 aromatic carbocycles. The van der Waals surface area contributed by atoms with E-state index in [-0.39, 0.29) is 11.9 Å². The van der Waals surface area contributed by atoms with Gasteiger partial charge in [0, 0.05) is 6.42 Å². The molecular weight excluding hydrogens is 178 g/mol. The molecule has 1 saturated carbocycles. The first-order valence-corrected chi connectivity index (χ1v) is 4.67. The zero-order chi connectivity index (χ0) is 10.2. The van der Waals surface area contributed by atoms with E-state index in [0.717, 1.165) is 6.42 Å². The highest BCUT2D eigenvalue weighted by molar-refractivity contribution is 5.84. The lowest BCUT2D eigenvalue weighted by Crippen LogP contribution is -2.69. The Morgan fingerprint density at radius 3 is 2.71 bits per heavy atom. The van der Waals surface area contributed by atoms with E-state index < -0.39 is 5.54 Å². The van der Waals surface area contributed by atoms with Crippen molar-refractivity contribution in [1.29, 1.82) is 0 Å². The van der Waals surface area contributed by atoms with E-state index in [1.807, 2.05) is 30.3 Å². The van der Waals surface area contributed by atoms with Crippen LogP contribution in [0.15, 0.2) is 30.3 Å². The van der Waals surface area contributed by atoms with Crippen LogP contribution >= 0.6 is 0 Å². The number of carbonyl (C=O) groups is 1. The molecule has 1 aromatic rings. The van der Waals surface area contributed by atoms with Gasteiger partial charge in [-0.05, 0) is 5.56 Å². The predicted octanol–water partition coefficient (Wildman–Crippen LogP) is 0.328. The highest BCUT2D eigenvalue weighted by atomic mass is 16.5. The molecule has 3 nitrogen and oxygen atoms in total. The second kappa shape index (κ2) is 3.10. The second-order valence-corrected chi connectivity index (χ2v) is 3.82. The van der Waals surface area contributed by atoms with Gasteiger partial charge in [-0.15, -0.1) is 0 Å². The van der Waals surface area contributed by atoms with E-state index in [2.05, 4.69) is 5.73 Å². The van der Waals surface area contributed by atoms with E-state index in [0.29, 0.717) is 0 Å². The van der Waals surface area contributed by atoms with E-state index in [9.17, 15) is 4.79 Å². The average Bonchev–Trinajstić information content (AvgIpc) is 2.92. The minimum Gasteiger partial charge on any atom is -0.464 e. The molecule has 0 amide bonds. The Hall–Kier alpha value is -1.35. The number of benzene rings is 1. The van der Waals surface area contributed by atoms with Crippen molar-refractivity contribution in [3.05, 3.63) is 35.9 Å². The first-order chi connectivity index (χ1) is 6.68. The van der Waals surface area contributed by atoms with Crippen LogP contribution in [0.5, 0.6) is 0 Å². The van der Waals surface area contributed by atoms with Crippen LogP contribution in [-0.4, -0.2) is 18.6 Å². The minimum atomic E-state index is -0.532. The maximum atomic E-state index is 11.4. The molecular formula is C11H14NO2+. The van der Waals surface area contributed by atoms with Gasteiger partial charge in [-0.25, -0.2) is 4.79 Å². The van der Waals surface area contributed by atoms with Gasteiger partial charge in [-0.1, -0.05) is 30.3 Å². The topological polar surface area (TPSA) is 53.9 Å². The molecule has 0 spiro atoms. The molecule has 14 heavy (non-hydrogen) atoms. The summed E-state index contributed by atoms with van der Waals surface area (Å²) in [5, 5.41) is 0. The summed E-state index contributed by atoms with van der Waals surface area (Å²) in [7, 11) is 1.41. The van der Waals surface area contributed by atoms with Gasteiger partial charge in [-0.3, -0.25) is 0 Å². The molecule has 2 atom stereocenters. The van der Waals surface area contributed by atoms with E-state index in [4.69, 9.17) is 4.74 Å². The summed E-state index contributed by atoms with van der Waals surface area (Å²) in [4.78, 5) is 11.4. The highest BCUT2D eigenvalue weighted by Gasteiger charge is 2.63. The average molecular weight is 192 g/mol. The molecule has 1 fully saturated rings. The van der Waals surface area contributed by atoms with Gasteiger partial charge in [-0.2, -0.15) is 0 Å². The maximum Gasteiger partial charge on any atom is 0.368 e. The largest absolute Gasteiger partial charge is 0.464 e. The fourth-order valence-electron chi connectivity index (χ4n) is 1.86. The Morgan fingerprint density at radius 2 is 2.14 bits per heavy atom. The number of quaternary nitrogens is 1. The lowest BCUT2D eigenvalue weighted by Gasteiger charge is -2.05. The fraction of sp³-hybridized carbons (Fsp3) is 0.364. The molecule has 0 radical (unpaired) electrons. The molecule has 0 bridgehead atoms. The van der Waals surface area contributed by atoms with Crippen molar-refractivity contribution < 1.29 is 15.3 Å². The number of esters is 1. The van der Waals surface area contributed by atoms with E-state index in [1.54, 1.807) is 0 Å². The van der Waals surface area contributed by atoms with Crippen molar-refractivity contribution in [3.8, 4) is 0 Å². The van der Waals surface area contributed by atoms with Gasteiger partial charge in [0.2, 0.25) is 5.54 Å². The van der Waals surface area contributed by atoms with Crippen LogP contribution in [0.1, 0.15) is 17.9 Å². The summed E-state index contributed by atoms with van der Waals surface area (Å²) in [6.45, 7) is 0. The Morgan fingerprint density at radius 1 is 1.50 bits per heavy atom. The molecule has 0 heterocycles. The van der Waals surface area contributed by atoms with Gasteiger partial charge in [0.25, 0.3) is 0 Å². The summed E-state index contributed by atoms with van der Waals surface area (Å²) >= 11 is 0. The third-order valence-electron chi connectivity index (χ3n) is 2.87. The standard InChI is InChI=1S/C11H13NO2/c1-14-10(13)11(12)7-9(11)8-5-3-2-4-6-8/h2-6,9H,7,12H2,1H3/p+1/t9-,11+/m1/s1. The SMILES string of the molecule is COC(=O)[C@]1([NH3+])C[C@@H]1c1ccccc1. The summed E-state index contributed by atoms with van der Waals surface area (Å²) in [6, 6.07) is 9.98. The third-order valence-corrected chi connectivity index (χ3v) is 2.87. The van der Waals surface area contributed by atoms with Crippen LogP contribution in [0.3, 0.4) is 0 Å². The fourth-order valence-corrected chi connectivity index (χ4v) is 1.86. The molecule has 74 valence electrons.